The summed E-state index contributed by atoms with van der Waals surface area (Å²) in [7, 11) is 1.66. The van der Waals surface area contributed by atoms with E-state index in [4.69, 9.17) is 4.74 Å². The van der Waals surface area contributed by atoms with Crippen molar-refractivity contribution in [3.63, 3.8) is 0 Å². The summed E-state index contributed by atoms with van der Waals surface area (Å²) in [6, 6.07) is 15.9. The summed E-state index contributed by atoms with van der Waals surface area (Å²) in [4.78, 5) is 15.5. The third-order valence-corrected chi connectivity index (χ3v) is 5.88. The minimum atomic E-state index is -0.0149. The highest BCUT2D eigenvalue weighted by molar-refractivity contribution is 5.97. The van der Waals surface area contributed by atoms with Gasteiger partial charge >= 0.3 is 0 Å². The number of nitrogens with one attached hydrogen (secondary N) is 1. The van der Waals surface area contributed by atoms with Crippen molar-refractivity contribution in [3.05, 3.63) is 66.5 Å². The first-order valence-corrected chi connectivity index (χ1v) is 10.9. The molecular formula is C25H30N4O2. The average molecular weight is 419 g/mol. The van der Waals surface area contributed by atoms with Crippen LogP contribution in [0.1, 0.15) is 25.3 Å². The second-order valence-corrected chi connectivity index (χ2v) is 8.04. The summed E-state index contributed by atoms with van der Waals surface area (Å²) >= 11 is 0. The van der Waals surface area contributed by atoms with E-state index in [1.54, 1.807) is 7.11 Å². The van der Waals surface area contributed by atoms with Crippen molar-refractivity contribution in [3.8, 4) is 16.9 Å². The van der Waals surface area contributed by atoms with Crippen LogP contribution in [0.3, 0.4) is 0 Å². The zero-order valence-electron chi connectivity index (χ0n) is 18.3. The molecule has 1 saturated heterocycles. The Labute approximate surface area is 183 Å². The summed E-state index contributed by atoms with van der Waals surface area (Å²) < 4.78 is 7.20. The minimum absolute atomic E-state index is 0.0149. The van der Waals surface area contributed by atoms with Crippen LogP contribution in [0.25, 0.3) is 11.1 Å². The number of hydrogen-bond acceptors (Lipinski definition) is 4. The largest absolute Gasteiger partial charge is 0.497 e. The SMILES string of the molecule is CCn1cc(CN2CCCC(C(=O)Nc3ccccc3-c3ccc(OC)cc3)C2)cn1. The molecule has 162 valence electrons. The first-order chi connectivity index (χ1) is 15.2. The Bertz CT molecular complexity index is 1010. The molecule has 3 aromatic rings. The molecule has 1 aliphatic heterocycles. The van der Waals surface area contributed by atoms with Gasteiger partial charge in [-0.25, -0.2) is 0 Å². The van der Waals surface area contributed by atoms with Crippen molar-refractivity contribution >= 4 is 11.6 Å². The third kappa shape index (κ3) is 5.14. The molecule has 1 fully saturated rings. The summed E-state index contributed by atoms with van der Waals surface area (Å²) in [6.07, 6.45) is 5.97. The Kier molecular flexibility index (Phi) is 6.67. The van der Waals surface area contributed by atoms with Crippen molar-refractivity contribution in [2.24, 2.45) is 5.92 Å². The number of aryl methyl sites for hydroxylation is 1. The smallest absolute Gasteiger partial charge is 0.228 e. The molecule has 2 heterocycles. The van der Waals surface area contributed by atoms with Crippen molar-refractivity contribution in [2.75, 3.05) is 25.5 Å². The van der Waals surface area contributed by atoms with Crippen molar-refractivity contribution in [2.45, 2.75) is 32.9 Å². The van der Waals surface area contributed by atoms with Crippen LogP contribution in [0.5, 0.6) is 5.75 Å². The molecule has 2 aromatic carbocycles. The Balaban J connectivity index is 1.43. The molecule has 1 aliphatic rings. The van der Waals surface area contributed by atoms with Crippen LogP contribution in [0.4, 0.5) is 5.69 Å². The normalized spacial score (nSPS) is 16.8. The molecule has 0 saturated carbocycles. The van der Waals surface area contributed by atoms with Crippen LogP contribution in [-0.4, -0.2) is 40.8 Å². The van der Waals surface area contributed by atoms with E-state index in [1.807, 2.05) is 59.4 Å². The highest BCUT2D eigenvalue weighted by Crippen LogP contribution is 2.30. The van der Waals surface area contributed by atoms with Gasteiger partial charge in [0.15, 0.2) is 0 Å². The number of piperidine rings is 1. The number of ether oxygens (including phenoxy) is 1. The van der Waals surface area contributed by atoms with Gasteiger partial charge in [-0.3, -0.25) is 14.4 Å². The third-order valence-electron chi connectivity index (χ3n) is 5.88. The van der Waals surface area contributed by atoms with E-state index in [-0.39, 0.29) is 11.8 Å². The number of nitrogens with zero attached hydrogens (tertiary/aromatic N) is 3. The van der Waals surface area contributed by atoms with Crippen molar-refractivity contribution < 1.29 is 9.53 Å². The predicted molar refractivity (Wildman–Crippen MR) is 123 cm³/mol. The number of likely N-dealkylation sites (tertiary alicyclic amines) is 1. The van der Waals surface area contributed by atoms with Gasteiger partial charge < -0.3 is 10.1 Å². The fourth-order valence-corrected chi connectivity index (χ4v) is 4.18. The summed E-state index contributed by atoms with van der Waals surface area (Å²) in [6.45, 7) is 5.59. The number of amides is 1. The number of para-hydroxylation sites is 1. The molecule has 0 bridgehead atoms. The van der Waals surface area contributed by atoms with Gasteiger partial charge in [-0.2, -0.15) is 5.10 Å². The van der Waals surface area contributed by atoms with E-state index in [0.29, 0.717) is 0 Å². The lowest BCUT2D eigenvalue weighted by Gasteiger charge is -2.31. The van der Waals surface area contributed by atoms with Crippen LogP contribution in [0, 0.1) is 5.92 Å². The van der Waals surface area contributed by atoms with Gasteiger partial charge in [0, 0.05) is 42.6 Å². The van der Waals surface area contributed by atoms with Gasteiger partial charge in [0.05, 0.1) is 19.2 Å². The van der Waals surface area contributed by atoms with E-state index < -0.39 is 0 Å². The average Bonchev–Trinajstić information content (AvgIpc) is 3.27. The predicted octanol–water partition coefficient (Wildman–Crippen LogP) is 4.43. The van der Waals surface area contributed by atoms with E-state index in [9.17, 15) is 4.79 Å². The number of hydrogen-bond donors (Lipinski definition) is 1. The Morgan fingerprint density at radius 3 is 2.74 bits per heavy atom. The van der Waals surface area contributed by atoms with Crippen LogP contribution < -0.4 is 10.1 Å². The van der Waals surface area contributed by atoms with Gasteiger partial charge in [0.25, 0.3) is 0 Å². The molecule has 6 heteroatoms. The zero-order chi connectivity index (χ0) is 21.6. The lowest BCUT2D eigenvalue weighted by Crippen LogP contribution is -2.40. The molecule has 1 atom stereocenters. The number of carbonyl (C=O) groups is 1. The summed E-state index contributed by atoms with van der Waals surface area (Å²) in [5, 5.41) is 7.55. The van der Waals surface area contributed by atoms with Gasteiger partial charge in [0.1, 0.15) is 5.75 Å². The zero-order valence-corrected chi connectivity index (χ0v) is 18.3. The van der Waals surface area contributed by atoms with Gasteiger partial charge in [0.2, 0.25) is 5.91 Å². The number of aromatic nitrogens is 2. The quantitative estimate of drug-likeness (QED) is 0.617. The van der Waals surface area contributed by atoms with Crippen molar-refractivity contribution in [1.82, 2.24) is 14.7 Å². The van der Waals surface area contributed by atoms with E-state index in [1.165, 1.54) is 5.56 Å². The lowest BCUT2D eigenvalue weighted by atomic mass is 9.96. The molecule has 4 rings (SSSR count). The van der Waals surface area contributed by atoms with Crippen LogP contribution in [0.15, 0.2) is 60.9 Å². The van der Waals surface area contributed by atoms with E-state index in [0.717, 1.165) is 61.6 Å². The van der Waals surface area contributed by atoms with Crippen molar-refractivity contribution in [1.29, 1.82) is 0 Å². The number of anilines is 1. The molecule has 1 aromatic heterocycles. The molecule has 1 amide bonds. The Hall–Kier alpha value is -3.12. The Morgan fingerprint density at radius 1 is 1.19 bits per heavy atom. The van der Waals surface area contributed by atoms with E-state index >= 15 is 0 Å². The second kappa shape index (κ2) is 9.79. The molecular weight excluding hydrogens is 388 g/mol. The molecule has 6 nitrogen and oxygen atoms in total. The summed E-state index contributed by atoms with van der Waals surface area (Å²) in [5.74, 6) is 0.894. The minimum Gasteiger partial charge on any atom is -0.497 e. The topological polar surface area (TPSA) is 59.4 Å². The molecule has 31 heavy (non-hydrogen) atoms. The monoisotopic (exact) mass is 418 g/mol. The van der Waals surface area contributed by atoms with Gasteiger partial charge in [-0.1, -0.05) is 30.3 Å². The number of carbonyl (C=O) groups excluding carboxylic acids is 1. The fraction of sp³-hybridized carbons (Fsp3) is 0.360. The van der Waals surface area contributed by atoms with Crippen LogP contribution in [-0.2, 0) is 17.9 Å². The molecule has 0 aliphatic carbocycles. The molecule has 0 spiro atoms. The number of benzene rings is 2. The summed E-state index contributed by atoms with van der Waals surface area (Å²) in [5.41, 5.74) is 4.11. The highest BCUT2D eigenvalue weighted by Gasteiger charge is 2.26. The first-order valence-electron chi connectivity index (χ1n) is 10.9. The molecule has 1 N–H and O–H groups in total. The maximum atomic E-state index is 13.1. The molecule has 0 radical (unpaired) electrons. The number of methoxy groups -OCH3 is 1. The maximum Gasteiger partial charge on any atom is 0.228 e. The second-order valence-electron chi connectivity index (χ2n) is 8.04. The highest BCUT2D eigenvalue weighted by atomic mass is 16.5. The van der Waals surface area contributed by atoms with Gasteiger partial charge in [-0.05, 0) is 50.1 Å². The lowest BCUT2D eigenvalue weighted by molar-refractivity contribution is -0.121. The number of rotatable bonds is 7. The van der Waals surface area contributed by atoms with Crippen LogP contribution >= 0.6 is 0 Å². The fourth-order valence-electron chi connectivity index (χ4n) is 4.18. The standard InChI is InChI=1S/C25H30N4O2/c1-3-29-17-19(15-26-29)16-28-14-6-7-21(18-28)25(30)27-24-9-5-4-8-23(24)20-10-12-22(31-2)13-11-20/h4-5,8-13,15,17,21H,3,6-7,14,16,18H2,1-2H3,(H,27,30). The van der Waals surface area contributed by atoms with E-state index in [2.05, 4.69) is 28.4 Å². The molecule has 1 unspecified atom stereocenters. The maximum absolute atomic E-state index is 13.1. The van der Waals surface area contributed by atoms with Crippen LogP contribution in [0.2, 0.25) is 0 Å². The Morgan fingerprint density at radius 2 is 2.00 bits per heavy atom. The first kappa shape index (κ1) is 21.1. The van der Waals surface area contributed by atoms with Gasteiger partial charge in [-0.15, -0.1) is 0 Å².